The summed E-state index contributed by atoms with van der Waals surface area (Å²) in [6.07, 6.45) is 3.59. The number of amides is 1. The van der Waals surface area contributed by atoms with E-state index in [-0.39, 0.29) is 24.5 Å². The maximum Gasteiger partial charge on any atom is 0.225 e. The number of nitrogens with two attached hydrogens (primary N) is 1. The van der Waals surface area contributed by atoms with Gasteiger partial charge in [0.15, 0.2) is 0 Å². The Bertz CT molecular complexity index is 228. The van der Waals surface area contributed by atoms with Gasteiger partial charge in [-0.15, -0.1) is 0 Å². The molecule has 3 N–H and O–H groups in total. The Labute approximate surface area is 103 Å². The smallest absolute Gasteiger partial charge is 0.225 e. The zero-order valence-corrected chi connectivity index (χ0v) is 10.6. The third-order valence-corrected chi connectivity index (χ3v) is 3.37. The highest BCUT2D eigenvalue weighted by Gasteiger charge is 2.27. The SMILES string of the molecule is COCCN(CCO)C(=O)C1CCC(N)CC1. The van der Waals surface area contributed by atoms with E-state index in [9.17, 15) is 4.79 Å². The highest BCUT2D eigenvalue weighted by atomic mass is 16.5. The molecule has 0 unspecified atom stereocenters. The quantitative estimate of drug-likeness (QED) is 0.688. The van der Waals surface area contributed by atoms with Gasteiger partial charge >= 0.3 is 0 Å². The molecule has 0 radical (unpaired) electrons. The summed E-state index contributed by atoms with van der Waals surface area (Å²) >= 11 is 0. The standard InChI is InChI=1S/C12H24N2O3/c1-17-9-7-14(6-8-15)12(16)10-2-4-11(13)5-3-10/h10-11,15H,2-9,13H2,1H3. The molecule has 1 fully saturated rings. The van der Waals surface area contributed by atoms with Gasteiger partial charge in [0.25, 0.3) is 0 Å². The molecule has 1 rings (SSSR count). The Morgan fingerprint density at radius 3 is 2.53 bits per heavy atom. The number of hydrogen-bond donors (Lipinski definition) is 2. The molecule has 5 nitrogen and oxygen atoms in total. The van der Waals surface area contributed by atoms with Crippen LogP contribution < -0.4 is 5.73 Å². The normalized spacial score (nSPS) is 24.6. The highest BCUT2D eigenvalue weighted by Crippen LogP contribution is 2.24. The number of carbonyl (C=O) groups is 1. The lowest BCUT2D eigenvalue weighted by Crippen LogP contribution is -2.42. The minimum atomic E-state index is 0.00167. The first-order valence-corrected chi connectivity index (χ1v) is 6.33. The number of aliphatic hydroxyl groups is 1. The number of carbonyl (C=O) groups excluding carboxylic acids is 1. The lowest BCUT2D eigenvalue weighted by atomic mass is 9.85. The summed E-state index contributed by atoms with van der Waals surface area (Å²) in [6, 6.07) is 0.254. The van der Waals surface area contributed by atoms with Crippen LogP contribution in [0, 0.1) is 5.92 Å². The third-order valence-electron chi connectivity index (χ3n) is 3.37. The lowest BCUT2D eigenvalue weighted by molar-refractivity contribution is -0.137. The molecule has 0 spiro atoms. The fourth-order valence-electron chi connectivity index (χ4n) is 2.28. The van der Waals surface area contributed by atoms with Crippen molar-refractivity contribution in [3.05, 3.63) is 0 Å². The summed E-state index contributed by atoms with van der Waals surface area (Å²) in [4.78, 5) is 13.9. The molecule has 0 bridgehead atoms. The first-order valence-electron chi connectivity index (χ1n) is 6.33. The predicted octanol–water partition coefficient (Wildman–Crippen LogP) is -0.0288. The van der Waals surface area contributed by atoms with E-state index in [1.54, 1.807) is 12.0 Å². The molecule has 0 heterocycles. The molecule has 5 heteroatoms. The fourth-order valence-corrected chi connectivity index (χ4v) is 2.28. The van der Waals surface area contributed by atoms with Gasteiger partial charge in [-0.3, -0.25) is 4.79 Å². The van der Waals surface area contributed by atoms with Gasteiger partial charge in [0.05, 0.1) is 13.2 Å². The van der Waals surface area contributed by atoms with Crippen LogP contribution in [0.2, 0.25) is 0 Å². The maximum atomic E-state index is 12.2. The number of hydrogen-bond acceptors (Lipinski definition) is 4. The number of rotatable bonds is 6. The first-order chi connectivity index (χ1) is 8.19. The Kier molecular flexibility index (Phi) is 6.47. The summed E-state index contributed by atoms with van der Waals surface area (Å²) in [5, 5.41) is 8.97. The van der Waals surface area contributed by atoms with Crippen LogP contribution in [0.3, 0.4) is 0 Å². The summed E-state index contributed by atoms with van der Waals surface area (Å²) < 4.78 is 4.98. The Morgan fingerprint density at radius 2 is 2.00 bits per heavy atom. The average Bonchev–Trinajstić information content (AvgIpc) is 2.34. The van der Waals surface area contributed by atoms with E-state index < -0.39 is 0 Å². The van der Waals surface area contributed by atoms with Crippen molar-refractivity contribution in [2.45, 2.75) is 31.7 Å². The lowest BCUT2D eigenvalue weighted by Gasteiger charge is -2.30. The Balaban J connectivity index is 2.45. The van der Waals surface area contributed by atoms with Gasteiger partial charge in [0.2, 0.25) is 5.91 Å². The second-order valence-electron chi connectivity index (χ2n) is 4.65. The molecule has 0 aromatic heterocycles. The number of nitrogens with zero attached hydrogens (tertiary/aromatic N) is 1. The molecule has 100 valence electrons. The van der Waals surface area contributed by atoms with E-state index in [1.807, 2.05) is 0 Å². The van der Waals surface area contributed by atoms with Crippen LogP contribution in [0.15, 0.2) is 0 Å². The van der Waals surface area contributed by atoms with Crippen LogP contribution in [0.5, 0.6) is 0 Å². The van der Waals surface area contributed by atoms with E-state index in [4.69, 9.17) is 15.6 Å². The molecule has 0 aromatic rings. The minimum absolute atomic E-state index is 0.00167. The van der Waals surface area contributed by atoms with Crippen LogP contribution in [0.25, 0.3) is 0 Å². The zero-order chi connectivity index (χ0) is 12.7. The Morgan fingerprint density at radius 1 is 1.35 bits per heavy atom. The van der Waals surface area contributed by atoms with Crippen LogP contribution in [-0.2, 0) is 9.53 Å². The molecular weight excluding hydrogens is 220 g/mol. The van der Waals surface area contributed by atoms with Gasteiger partial charge < -0.3 is 20.5 Å². The van der Waals surface area contributed by atoms with Crippen molar-refractivity contribution in [3.63, 3.8) is 0 Å². The summed E-state index contributed by atoms with van der Waals surface area (Å²) in [6.45, 7) is 1.46. The van der Waals surface area contributed by atoms with Crippen molar-refractivity contribution in [2.75, 3.05) is 33.4 Å². The molecule has 1 saturated carbocycles. The first kappa shape index (κ1) is 14.4. The van der Waals surface area contributed by atoms with E-state index in [1.165, 1.54) is 0 Å². The molecular formula is C12H24N2O3. The van der Waals surface area contributed by atoms with Crippen molar-refractivity contribution < 1.29 is 14.6 Å². The van der Waals surface area contributed by atoms with Crippen molar-refractivity contribution in [2.24, 2.45) is 11.7 Å². The van der Waals surface area contributed by atoms with E-state index in [2.05, 4.69) is 0 Å². The molecule has 0 aliphatic heterocycles. The van der Waals surface area contributed by atoms with Crippen molar-refractivity contribution in [1.82, 2.24) is 4.90 Å². The fraction of sp³-hybridized carbons (Fsp3) is 0.917. The van der Waals surface area contributed by atoms with Crippen molar-refractivity contribution in [1.29, 1.82) is 0 Å². The van der Waals surface area contributed by atoms with E-state index in [0.717, 1.165) is 25.7 Å². The highest BCUT2D eigenvalue weighted by molar-refractivity contribution is 5.79. The zero-order valence-electron chi connectivity index (χ0n) is 10.6. The predicted molar refractivity (Wildman–Crippen MR) is 65.5 cm³/mol. The van der Waals surface area contributed by atoms with Gasteiger partial charge in [0, 0.05) is 32.2 Å². The van der Waals surface area contributed by atoms with Crippen LogP contribution in [0.1, 0.15) is 25.7 Å². The number of aliphatic hydroxyl groups excluding tert-OH is 1. The molecule has 17 heavy (non-hydrogen) atoms. The van der Waals surface area contributed by atoms with Gasteiger partial charge in [-0.2, -0.15) is 0 Å². The number of ether oxygens (including phenoxy) is 1. The molecule has 1 amide bonds. The van der Waals surface area contributed by atoms with Crippen LogP contribution >= 0.6 is 0 Å². The largest absolute Gasteiger partial charge is 0.395 e. The van der Waals surface area contributed by atoms with Gasteiger partial charge in [0.1, 0.15) is 0 Å². The second kappa shape index (κ2) is 7.63. The maximum absolute atomic E-state index is 12.2. The summed E-state index contributed by atoms with van der Waals surface area (Å²) in [5.74, 6) is 0.223. The number of methoxy groups -OCH3 is 1. The van der Waals surface area contributed by atoms with Gasteiger partial charge in [-0.1, -0.05) is 0 Å². The molecule has 0 atom stereocenters. The second-order valence-corrected chi connectivity index (χ2v) is 4.65. The van der Waals surface area contributed by atoms with Crippen molar-refractivity contribution >= 4 is 5.91 Å². The summed E-state index contributed by atoms with van der Waals surface area (Å²) in [5.41, 5.74) is 5.83. The minimum Gasteiger partial charge on any atom is -0.395 e. The third kappa shape index (κ3) is 4.61. The van der Waals surface area contributed by atoms with Crippen LogP contribution in [0.4, 0.5) is 0 Å². The molecule has 0 aromatic carbocycles. The molecule has 1 aliphatic rings. The molecule has 1 aliphatic carbocycles. The average molecular weight is 244 g/mol. The Hall–Kier alpha value is -0.650. The van der Waals surface area contributed by atoms with Crippen molar-refractivity contribution in [3.8, 4) is 0 Å². The monoisotopic (exact) mass is 244 g/mol. The van der Waals surface area contributed by atoms with E-state index in [0.29, 0.717) is 19.7 Å². The van der Waals surface area contributed by atoms with Crippen LogP contribution in [-0.4, -0.2) is 55.4 Å². The molecule has 0 saturated heterocycles. The summed E-state index contributed by atoms with van der Waals surface area (Å²) in [7, 11) is 1.61. The van der Waals surface area contributed by atoms with E-state index >= 15 is 0 Å². The van der Waals surface area contributed by atoms with Gasteiger partial charge in [-0.05, 0) is 25.7 Å². The topological polar surface area (TPSA) is 75.8 Å². The van der Waals surface area contributed by atoms with Gasteiger partial charge in [-0.25, -0.2) is 0 Å².